The summed E-state index contributed by atoms with van der Waals surface area (Å²) in [6.45, 7) is -1.18. The number of aromatic nitrogens is 5. The molecular formula is C16H14F3N7. The van der Waals surface area contributed by atoms with Crippen molar-refractivity contribution in [2.75, 3.05) is 17.2 Å². The van der Waals surface area contributed by atoms with Gasteiger partial charge >= 0.3 is 6.18 Å². The molecule has 3 heterocycles. The molecule has 4 aromatic rings. The van der Waals surface area contributed by atoms with Gasteiger partial charge in [0, 0.05) is 24.3 Å². The van der Waals surface area contributed by atoms with Crippen molar-refractivity contribution >= 4 is 39.4 Å². The predicted octanol–water partition coefficient (Wildman–Crippen LogP) is 3.56. The third-order valence-corrected chi connectivity index (χ3v) is 3.87. The van der Waals surface area contributed by atoms with Crippen molar-refractivity contribution in [3.05, 3.63) is 36.7 Å². The lowest BCUT2D eigenvalue weighted by Gasteiger charge is -2.12. The van der Waals surface area contributed by atoms with Gasteiger partial charge in [0.15, 0.2) is 0 Å². The second-order valence-corrected chi connectivity index (χ2v) is 5.77. The van der Waals surface area contributed by atoms with Crippen LogP contribution in [0, 0.1) is 0 Å². The van der Waals surface area contributed by atoms with E-state index in [0.717, 1.165) is 10.9 Å². The number of rotatable bonds is 4. The highest BCUT2D eigenvalue weighted by molar-refractivity contribution is 5.89. The number of H-pyrrole nitrogens is 1. The Bertz CT molecular complexity index is 1080. The molecule has 0 aliphatic rings. The van der Waals surface area contributed by atoms with Gasteiger partial charge in [-0.05, 0) is 24.3 Å². The fraction of sp³-hybridized carbons (Fsp3) is 0.188. The normalized spacial score (nSPS) is 12.0. The third kappa shape index (κ3) is 3.13. The molecule has 0 aliphatic carbocycles. The fourth-order valence-corrected chi connectivity index (χ4v) is 2.69. The van der Waals surface area contributed by atoms with Crippen LogP contribution in [0.25, 0.3) is 21.9 Å². The monoisotopic (exact) mass is 361 g/mol. The van der Waals surface area contributed by atoms with Crippen molar-refractivity contribution in [3.8, 4) is 0 Å². The first-order valence-corrected chi connectivity index (χ1v) is 7.73. The highest BCUT2D eigenvalue weighted by Gasteiger charge is 2.27. The summed E-state index contributed by atoms with van der Waals surface area (Å²) in [6.07, 6.45) is -1.01. The summed E-state index contributed by atoms with van der Waals surface area (Å²) in [6, 6.07) is 7.21. The zero-order chi connectivity index (χ0) is 18.3. The molecule has 0 spiro atoms. The van der Waals surface area contributed by atoms with E-state index in [1.54, 1.807) is 23.1 Å². The highest BCUT2D eigenvalue weighted by Crippen LogP contribution is 2.26. The molecule has 3 aromatic heterocycles. The van der Waals surface area contributed by atoms with Gasteiger partial charge in [-0.1, -0.05) is 0 Å². The van der Waals surface area contributed by atoms with Crippen LogP contribution in [0.2, 0.25) is 0 Å². The molecule has 0 saturated heterocycles. The summed E-state index contributed by atoms with van der Waals surface area (Å²) >= 11 is 0. The van der Waals surface area contributed by atoms with Crippen molar-refractivity contribution in [1.29, 1.82) is 0 Å². The van der Waals surface area contributed by atoms with E-state index >= 15 is 0 Å². The van der Waals surface area contributed by atoms with Crippen LogP contribution in [0.4, 0.5) is 30.6 Å². The molecular weight excluding hydrogens is 347 g/mol. The largest absolute Gasteiger partial charge is 0.405 e. The Labute approximate surface area is 145 Å². The minimum atomic E-state index is -4.34. The van der Waals surface area contributed by atoms with E-state index in [2.05, 4.69) is 30.7 Å². The number of hydrogen-bond acceptors (Lipinski definition) is 5. The summed E-state index contributed by atoms with van der Waals surface area (Å²) in [5.74, 6) is 0.298. The Balaban J connectivity index is 1.66. The molecule has 0 bridgehead atoms. The Kier molecular flexibility index (Phi) is 3.67. The Hall–Kier alpha value is -3.30. The quantitative estimate of drug-likeness (QED) is 0.518. The van der Waals surface area contributed by atoms with Crippen molar-refractivity contribution in [1.82, 2.24) is 24.7 Å². The average Bonchev–Trinajstić information content (AvgIpc) is 3.19. The van der Waals surface area contributed by atoms with Crippen molar-refractivity contribution in [2.24, 2.45) is 7.05 Å². The molecule has 0 aliphatic heterocycles. The lowest BCUT2D eigenvalue weighted by Crippen LogP contribution is -2.22. The number of alkyl halides is 3. The molecule has 3 N–H and O–H groups in total. The topological polar surface area (TPSA) is 83.5 Å². The van der Waals surface area contributed by atoms with Crippen molar-refractivity contribution in [3.63, 3.8) is 0 Å². The minimum absolute atomic E-state index is 0.110. The number of nitrogens with one attached hydrogen (secondary N) is 3. The van der Waals surface area contributed by atoms with E-state index in [1.807, 2.05) is 25.2 Å². The van der Waals surface area contributed by atoms with Crippen LogP contribution >= 0.6 is 0 Å². The molecule has 0 fully saturated rings. The summed E-state index contributed by atoms with van der Waals surface area (Å²) < 4.78 is 39.3. The smallest absolute Gasteiger partial charge is 0.360 e. The molecule has 0 amide bonds. The number of halogens is 3. The summed E-state index contributed by atoms with van der Waals surface area (Å²) in [4.78, 5) is 11.4. The lowest BCUT2D eigenvalue weighted by atomic mass is 10.2. The minimum Gasteiger partial charge on any atom is -0.360 e. The summed E-state index contributed by atoms with van der Waals surface area (Å²) in [7, 11) is 1.84. The molecule has 7 nitrogen and oxygen atoms in total. The van der Waals surface area contributed by atoms with Gasteiger partial charge in [0.1, 0.15) is 18.0 Å². The highest BCUT2D eigenvalue weighted by atomic mass is 19.4. The van der Waals surface area contributed by atoms with Gasteiger partial charge in [0.25, 0.3) is 0 Å². The standard InChI is InChI=1S/C16H14F3N7/c1-26-12-3-2-10(6-9(12)7-22-26)23-15-24-13-11(4-5-20-13)14(25-15)21-8-16(17,18)19/h2-7H,8H2,1H3,(H3,20,21,23,24,25). The SMILES string of the molecule is Cn1ncc2cc(Nc3nc(NCC(F)(F)F)c4cc[nH]c4n3)ccc21. The number of aromatic amines is 1. The molecule has 0 atom stereocenters. The first-order valence-electron chi connectivity index (χ1n) is 7.73. The number of anilines is 3. The van der Waals surface area contributed by atoms with Crippen LogP contribution in [-0.2, 0) is 7.05 Å². The third-order valence-electron chi connectivity index (χ3n) is 3.87. The van der Waals surface area contributed by atoms with E-state index < -0.39 is 12.7 Å². The zero-order valence-electron chi connectivity index (χ0n) is 13.6. The van der Waals surface area contributed by atoms with Crippen molar-refractivity contribution in [2.45, 2.75) is 6.18 Å². The average molecular weight is 361 g/mol. The molecule has 134 valence electrons. The van der Waals surface area contributed by atoms with Crippen LogP contribution < -0.4 is 10.6 Å². The number of aryl methyl sites for hydroxylation is 1. The Morgan fingerprint density at radius 3 is 2.85 bits per heavy atom. The van der Waals surface area contributed by atoms with E-state index in [9.17, 15) is 13.2 Å². The number of nitrogens with zero attached hydrogens (tertiary/aromatic N) is 4. The van der Waals surface area contributed by atoms with Crippen LogP contribution in [0.1, 0.15) is 0 Å². The molecule has 0 radical (unpaired) electrons. The first kappa shape index (κ1) is 16.2. The summed E-state index contributed by atoms with van der Waals surface area (Å²) in [5, 5.41) is 10.9. The van der Waals surface area contributed by atoms with Crippen LogP contribution in [0.3, 0.4) is 0 Å². The Morgan fingerprint density at radius 1 is 1.19 bits per heavy atom. The molecule has 0 unspecified atom stereocenters. The van der Waals surface area contributed by atoms with Gasteiger partial charge in [-0.3, -0.25) is 4.68 Å². The number of hydrogen-bond donors (Lipinski definition) is 3. The maximum absolute atomic E-state index is 12.5. The second kappa shape index (κ2) is 5.90. The molecule has 26 heavy (non-hydrogen) atoms. The van der Waals surface area contributed by atoms with E-state index in [0.29, 0.717) is 16.7 Å². The molecule has 10 heteroatoms. The first-order chi connectivity index (χ1) is 12.4. The van der Waals surface area contributed by atoms with Gasteiger partial charge in [-0.15, -0.1) is 0 Å². The molecule has 4 rings (SSSR count). The van der Waals surface area contributed by atoms with Crippen LogP contribution in [-0.4, -0.2) is 37.5 Å². The van der Waals surface area contributed by atoms with E-state index in [1.165, 1.54) is 0 Å². The van der Waals surface area contributed by atoms with Crippen LogP contribution in [0.15, 0.2) is 36.7 Å². The van der Waals surface area contributed by atoms with Crippen LogP contribution in [0.5, 0.6) is 0 Å². The number of fused-ring (bicyclic) bond motifs is 2. The van der Waals surface area contributed by atoms with E-state index in [4.69, 9.17) is 0 Å². The van der Waals surface area contributed by atoms with Gasteiger partial charge < -0.3 is 15.6 Å². The molecule has 1 aromatic carbocycles. The van der Waals surface area contributed by atoms with Crippen molar-refractivity contribution < 1.29 is 13.2 Å². The van der Waals surface area contributed by atoms with Gasteiger partial charge in [-0.25, -0.2) is 0 Å². The van der Waals surface area contributed by atoms with Gasteiger partial charge in [0.05, 0.1) is 17.1 Å². The summed E-state index contributed by atoms with van der Waals surface area (Å²) in [5.41, 5.74) is 2.11. The van der Waals surface area contributed by atoms with Gasteiger partial charge in [0.2, 0.25) is 5.95 Å². The number of benzene rings is 1. The zero-order valence-corrected chi connectivity index (χ0v) is 13.6. The maximum Gasteiger partial charge on any atom is 0.405 e. The fourth-order valence-electron chi connectivity index (χ4n) is 2.69. The lowest BCUT2D eigenvalue weighted by molar-refractivity contribution is -0.115. The van der Waals surface area contributed by atoms with E-state index in [-0.39, 0.29) is 11.8 Å². The second-order valence-electron chi connectivity index (χ2n) is 5.77. The maximum atomic E-state index is 12.5. The Morgan fingerprint density at radius 2 is 2.04 bits per heavy atom. The molecule has 0 saturated carbocycles. The van der Waals surface area contributed by atoms with Gasteiger partial charge in [-0.2, -0.15) is 28.2 Å². The predicted molar refractivity (Wildman–Crippen MR) is 92.4 cm³/mol.